The summed E-state index contributed by atoms with van der Waals surface area (Å²) in [4.78, 5) is 15.0. The van der Waals surface area contributed by atoms with E-state index in [1.807, 2.05) is 77.9 Å². The minimum Gasteiger partial charge on any atom is -0.507 e. The summed E-state index contributed by atoms with van der Waals surface area (Å²) in [6.07, 6.45) is 1.17. The summed E-state index contributed by atoms with van der Waals surface area (Å²) in [5.41, 5.74) is 4.13. The summed E-state index contributed by atoms with van der Waals surface area (Å²) in [6.45, 7) is 12.4. The molecule has 0 saturated carbocycles. The Bertz CT molecular complexity index is 1260. The molecule has 0 saturated heterocycles. The Morgan fingerprint density at radius 1 is 0.919 bits per heavy atom. The Kier molecular flexibility index (Phi) is 7.06. The first kappa shape index (κ1) is 26.6. The molecule has 2 amide bonds. The molecule has 196 valence electrons. The molecule has 1 aliphatic carbocycles. The lowest BCUT2D eigenvalue weighted by atomic mass is 9.78. The fourth-order valence-corrected chi connectivity index (χ4v) is 5.07. The Balaban J connectivity index is 1.66. The third kappa shape index (κ3) is 5.63. The molecule has 3 aromatic carbocycles. The van der Waals surface area contributed by atoms with Crippen molar-refractivity contribution < 1.29 is 18.7 Å². The quantitative estimate of drug-likeness (QED) is 0.395. The number of amides is 2. The number of aromatic hydroxyl groups is 1. The van der Waals surface area contributed by atoms with Crippen LogP contribution < -0.4 is 10.2 Å². The van der Waals surface area contributed by atoms with Crippen molar-refractivity contribution in [3.63, 3.8) is 0 Å². The first-order valence-corrected chi connectivity index (χ1v) is 12.7. The van der Waals surface area contributed by atoms with Gasteiger partial charge in [-0.25, -0.2) is 13.6 Å². The van der Waals surface area contributed by atoms with Crippen molar-refractivity contribution in [2.75, 3.05) is 4.90 Å². The van der Waals surface area contributed by atoms with E-state index in [9.17, 15) is 18.7 Å². The second-order valence-corrected chi connectivity index (χ2v) is 12.0. The van der Waals surface area contributed by atoms with Gasteiger partial charge in [-0.05, 0) is 75.8 Å². The van der Waals surface area contributed by atoms with Gasteiger partial charge in [0.1, 0.15) is 17.4 Å². The van der Waals surface area contributed by atoms with E-state index in [4.69, 9.17) is 0 Å². The molecule has 6 heteroatoms. The van der Waals surface area contributed by atoms with E-state index in [-0.39, 0.29) is 34.9 Å². The maximum absolute atomic E-state index is 14.9. The predicted molar refractivity (Wildman–Crippen MR) is 144 cm³/mol. The molecule has 0 fully saturated rings. The summed E-state index contributed by atoms with van der Waals surface area (Å²) in [5.74, 6) is -1.19. The van der Waals surface area contributed by atoms with Gasteiger partial charge in [-0.15, -0.1) is 0 Å². The smallest absolute Gasteiger partial charge is 0.322 e. The van der Waals surface area contributed by atoms with Gasteiger partial charge < -0.3 is 10.4 Å². The van der Waals surface area contributed by atoms with Crippen molar-refractivity contribution in [3.05, 3.63) is 94.0 Å². The molecule has 0 bridgehead atoms. The van der Waals surface area contributed by atoms with Crippen molar-refractivity contribution in [1.82, 2.24) is 5.32 Å². The van der Waals surface area contributed by atoms with E-state index >= 15 is 0 Å². The third-order valence-corrected chi connectivity index (χ3v) is 7.01. The number of phenols is 1. The van der Waals surface area contributed by atoms with Crippen LogP contribution in [-0.4, -0.2) is 17.2 Å². The lowest BCUT2D eigenvalue weighted by molar-refractivity contribution is 0.243. The molecule has 1 aliphatic rings. The molecular weight excluding hydrogens is 470 g/mol. The summed E-state index contributed by atoms with van der Waals surface area (Å²) in [5, 5.41) is 14.0. The zero-order valence-corrected chi connectivity index (χ0v) is 22.5. The molecule has 3 aromatic rings. The first-order chi connectivity index (χ1) is 17.3. The number of urea groups is 1. The zero-order valence-electron chi connectivity index (χ0n) is 22.5. The second kappa shape index (κ2) is 9.81. The number of nitrogens with zero attached hydrogens (tertiary/aromatic N) is 1. The molecule has 4 rings (SSSR count). The van der Waals surface area contributed by atoms with Crippen LogP contribution >= 0.6 is 0 Å². The molecule has 2 N–H and O–H groups in total. The number of halogens is 2. The molecular formula is C31H36F2N2O2. The lowest BCUT2D eigenvalue weighted by Crippen LogP contribution is -2.47. The third-order valence-electron chi connectivity index (χ3n) is 7.01. The standard InChI is InChI=1S/C31H36F2N2O2/c1-30(2,3)24-13-19(14-25(28(24)36)31(4,5)6)18-34-29(37)35(27-12-11-22(32)17-26(27)33)23-15-20-9-7-8-10-21(20)16-23/h7-14,17,23,36H,15-16,18H2,1-6H3,(H,34,37). The second-order valence-electron chi connectivity index (χ2n) is 12.0. The van der Waals surface area contributed by atoms with Crippen molar-refractivity contribution >= 4 is 11.7 Å². The van der Waals surface area contributed by atoms with Gasteiger partial charge in [0.05, 0.1) is 5.69 Å². The first-order valence-electron chi connectivity index (χ1n) is 12.7. The molecule has 0 unspecified atom stereocenters. The minimum absolute atomic E-state index is 0.0492. The fraction of sp³-hybridized carbons (Fsp3) is 0.387. The van der Waals surface area contributed by atoms with E-state index in [0.717, 1.165) is 33.9 Å². The van der Waals surface area contributed by atoms with Crippen molar-refractivity contribution in [3.8, 4) is 5.75 Å². The number of rotatable bonds is 4. The molecule has 0 atom stereocenters. The van der Waals surface area contributed by atoms with Crippen LogP contribution in [0.1, 0.15) is 69.4 Å². The fourth-order valence-electron chi connectivity index (χ4n) is 5.07. The summed E-state index contributed by atoms with van der Waals surface area (Å²) in [7, 11) is 0. The largest absolute Gasteiger partial charge is 0.507 e. The maximum atomic E-state index is 14.9. The van der Waals surface area contributed by atoms with Gasteiger partial charge in [0.15, 0.2) is 0 Å². The summed E-state index contributed by atoms with van der Waals surface area (Å²) in [6, 6.07) is 14.3. The Hall–Kier alpha value is -3.41. The van der Waals surface area contributed by atoms with Crippen molar-refractivity contribution in [2.45, 2.75) is 77.8 Å². The van der Waals surface area contributed by atoms with Gasteiger partial charge in [-0.2, -0.15) is 0 Å². The number of anilines is 1. The van der Waals surface area contributed by atoms with Crippen molar-refractivity contribution in [2.24, 2.45) is 0 Å². The number of hydrogen-bond acceptors (Lipinski definition) is 2. The normalized spacial score (nSPS) is 13.9. The van der Waals surface area contributed by atoms with Gasteiger partial charge in [-0.3, -0.25) is 4.90 Å². The highest BCUT2D eigenvalue weighted by Gasteiger charge is 2.33. The van der Waals surface area contributed by atoms with Gasteiger partial charge in [0.25, 0.3) is 0 Å². The van der Waals surface area contributed by atoms with Crippen molar-refractivity contribution in [1.29, 1.82) is 0 Å². The number of phenolic OH excluding ortho intramolecular Hbond substituents is 1. The Morgan fingerprint density at radius 2 is 1.46 bits per heavy atom. The lowest BCUT2D eigenvalue weighted by Gasteiger charge is -2.30. The van der Waals surface area contributed by atoms with Crippen LogP contribution in [-0.2, 0) is 30.2 Å². The van der Waals surface area contributed by atoms with Crippen LogP contribution in [0.25, 0.3) is 0 Å². The van der Waals surface area contributed by atoms with E-state index in [1.54, 1.807) is 0 Å². The van der Waals surface area contributed by atoms with E-state index in [0.29, 0.717) is 12.8 Å². The van der Waals surface area contributed by atoms with E-state index in [1.165, 1.54) is 17.0 Å². The van der Waals surface area contributed by atoms with Gasteiger partial charge in [0, 0.05) is 18.7 Å². The predicted octanol–water partition coefficient (Wildman–Crippen LogP) is 7.15. The monoisotopic (exact) mass is 506 g/mol. The number of benzene rings is 3. The minimum atomic E-state index is -0.777. The molecule has 0 heterocycles. The number of hydrogen-bond donors (Lipinski definition) is 2. The maximum Gasteiger partial charge on any atom is 0.322 e. The van der Waals surface area contributed by atoms with Crippen LogP contribution in [0, 0.1) is 11.6 Å². The number of fused-ring (bicyclic) bond motifs is 1. The van der Waals surface area contributed by atoms with Crippen LogP contribution in [0.5, 0.6) is 5.75 Å². The van der Waals surface area contributed by atoms with E-state index < -0.39 is 17.7 Å². The van der Waals surface area contributed by atoms with Gasteiger partial charge in [0.2, 0.25) is 0 Å². The van der Waals surface area contributed by atoms with Crippen LogP contribution in [0.15, 0.2) is 54.6 Å². The highest BCUT2D eigenvalue weighted by molar-refractivity contribution is 5.93. The zero-order chi connectivity index (χ0) is 27.1. The van der Waals surface area contributed by atoms with Gasteiger partial charge in [-0.1, -0.05) is 65.8 Å². The number of nitrogens with one attached hydrogen (secondary N) is 1. The van der Waals surface area contributed by atoms with Crippen LogP contribution in [0.3, 0.4) is 0 Å². The number of carbonyl (C=O) groups excluding carboxylic acids is 1. The summed E-state index contributed by atoms with van der Waals surface area (Å²) < 4.78 is 28.6. The highest BCUT2D eigenvalue weighted by atomic mass is 19.1. The average molecular weight is 507 g/mol. The van der Waals surface area contributed by atoms with E-state index in [2.05, 4.69) is 5.32 Å². The topological polar surface area (TPSA) is 52.6 Å². The van der Waals surface area contributed by atoms with Gasteiger partial charge >= 0.3 is 6.03 Å². The average Bonchev–Trinajstić information content (AvgIpc) is 3.22. The molecule has 4 nitrogen and oxygen atoms in total. The Labute approximate surface area is 218 Å². The van der Waals surface area contributed by atoms with Crippen LogP contribution in [0.2, 0.25) is 0 Å². The highest BCUT2D eigenvalue weighted by Crippen LogP contribution is 2.40. The summed E-state index contributed by atoms with van der Waals surface area (Å²) >= 11 is 0. The Morgan fingerprint density at radius 3 is 1.95 bits per heavy atom. The molecule has 0 aromatic heterocycles. The molecule has 37 heavy (non-hydrogen) atoms. The molecule has 0 spiro atoms. The number of carbonyl (C=O) groups is 1. The van der Waals surface area contributed by atoms with Crippen LogP contribution in [0.4, 0.5) is 19.3 Å². The SMILES string of the molecule is CC(C)(C)c1cc(CNC(=O)N(c2ccc(F)cc2F)C2Cc3ccccc3C2)cc(C(C)(C)C)c1O. The molecule has 0 aliphatic heterocycles. The molecule has 0 radical (unpaired) electrons.